The Hall–Kier alpha value is -3.18. The van der Waals surface area contributed by atoms with E-state index in [9.17, 15) is 20.4 Å². The van der Waals surface area contributed by atoms with Crippen LogP contribution in [-0.4, -0.2) is 26.5 Å². The number of aliphatic hydroxyl groups is 1. The van der Waals surface area contributed by atoms with Crippen LogP contribution in [0.15, 0.2) is 64.6 Å². The van der Waals surface area contributed by atoms with Crippen LogP contribution in [0.3, 0.4) is 0 Å². The van der Waals surface area contributed by atoms with E-state index in [0.29, 0.717) is 41.7 Å². The molecule has 152 valence electrons. The Labute approximate surface area is 169 Å². The van der Waals surface area contributed by atoms with Gasteiger partial charge in [0.15, 0.2) is 0 Å². The van der Waals surface area contributed by atoms with E-state index in [1.807, 2.05) is 13.0 Å². The highest BCUT2D eigenvalue weighted by atomic mass is 16.3. The van der Waals surface area contributed by atoms with Gasteiger partial charge in [0.05, 0.1) is 6.10 Å². The Morgan fingerprint density at radius 3 is 2.41 bits per heavy atom. The fourth-order valence-corrected chi connectivity index (χ4v) is 3.14. The highest BCUT2D eigenvalue weighted by Gasteiger charge is 2.14. The van der Waals surface area contributed by atoms with Crippen molar-refractivity contribution in [1.82, 2.24) is 0 Å². The summed E-state index contributed by atoms with van der Waals surface area (Å²) in [6, 6.07) is 9.74. The van der Waals surface area contributed by atoms with Gasteiger partial charge < -0.3 is 24.8 Å². The zero-order valence-corrected chi connectivity index (χ0v) is 16.6. The van der Waals surface area contributed by atoms with Crippen LogP contribution in [0.4, 0.5) is 0 Å². The number of hydrogen-bond donors (Lipinski definition) is 4. The molecule has 3 aromatic rings. The molecular formula is C24H26O5. The molecule has 2 aromatic carbocycles. The van der Waals surface area contributed by atoms with Crippen molar-refractivity contribution in [2.45, 2.75) is 39.2 Å². The molecule has 1 unspecified atom stereocenters. The third-order valence-electron chi connectivity index (χ3n) is 5.03. The second kappa shape index (κ2) is 8.45. The van der Waals surface area contributed by atoms with Crippen LogP contribution in [0.1, 0.15) is 32.3 Å². The van der Waals surface area contributed by atoms with E-state index in [0.717, 1.165) is 16.5 Å². The molecule has 29 heavy (non-hydrogen) atoms. The van der Waals surface area contributed by atoms with Gasteiger partial charge in [0, 0.05) is 22.6 Å². The number of benzene rings is 2. The summed E-state index contributed by atoms with van der Waals surface area (Å²) in [7, 11) is 0. The van der Waals surface area contributed by atoms with Crippen LogP contribution < -0.4 is 0 Å². The molecule has 0 aliphatic carbocycles. The number of hydrogen-bond acceptors (Lipinski definition) is 5. The van der Waals surface area contributed by atoms with Gasteiger partial charge in [-0.05, 0) is 63.4 Å². The van der Waals surface area contributed by atoms with E-state index in [1.165, 1.54) is 6.07 Å². The highest BCUT2D eigenvalue weighted by Crippen LogP contribution is 2.37. The van der Waals surface area contributed by atoms with Crippen molar-refractivity contribution < 1.29 is 24.8 Å². The molecule has 5 nitrogen and oxygen atoms in total. The van der Waals surface area contributed by atoms with Crippen molar-refractivity contribution in [2.24, 2.45) is 0 Å². The van der Waals surface area contributed by atoms with Gasteiger partial charge in [0.2, 0.25) is 0 Å². The second-order valence-corrected chi connectivity index (χ2v) is 7.48. The van der Waals surface area contributed by atoms with E-state index in [2.05, 4.69) is 6.58 Å². The van der Waals surface area contributed by atoms with Crippen LogP contribution in [-0.2, 0) is 6.42 Å². The fourth-order valence-electron chi connectivity index (χ4n) is 3.14. The molecule has 0 spiro atoms. The average molecular weight is 394 g/mol. The van der Waals surface area contributed by atoms with Gasteiger partial charge in [0.25, 0.3) is 0 Å². The predicted octanol–water partition coefficient (Wildman–Crippen LogP) is 5.42. The number of furan rings is 1. The summed E-state index contributed by atoms with van der Waals surface area (Å²) in [5.74, 6) is 0.560. The lowest BCUT2D eigenvalue weighted by atomic mass is 10.0. The zero-order chi connectivity index (χ0) is 21.1. The highest BCUT2D eigenvalue weighted by molar-refractivity contribution is 5.84. The summed E-state index contributed by atoms with van der Waals surface area (Å²) < 4.78 is 5.73. The molecule has 4 N–H and O–H groups in total. The molecule has 0 bridgehead atoms. The molecule has 0 fully saturated rings. The Kier molecular flexibility index (Phi) is 5.99. The van der Waals surface area contributed by atoms with E-state index in [1.54, 1.807) is 37.3 Å². The maximum absolute atomic E-state index is 10.4. The van der Waals surface area contributed by atoms with Crippen LogP contribution in [0.25, 0.3) is 22.3 Å². The first-order chi connectivity index (χ1) is 13.7. The largest absolute Gasteiger partial charge is 0.508 e. The Morgan fingerprint density at radius 2 is 1.76 bits per heavy atom. The monoisotopic (exact) mass is 394 g/mol. The molecule has 0 aliphatic rings. The number of fused-ring (bicyclic) bond motifs is 1. The fraction of sp³-hybridized carbons (Fsp3) is 0.250. The Morgan fingerprint density at radius 1 is 1.07 bits per heavy atom. The summed E-state index contributed by atoms with van der Waals surface area (Å²) >= 11 is 0. The standard InChI is InChI=1S/C24H26O5/c1-14(2)20(26)9-5-15(3)4-8-19-21(27)10-17(11-22(19)28)23-12-16-6-7-18(25)13-24(16)29-23/h4,6-7,10-13,20,25-28H,1,5,8-9H2,2-3H3. The number of rotatable bonds is 7. The van der Waals surface area contributed by atoms with Crippen LogP contribution in [0.2, 0.25) is 0 Å². The molecule has 0 saturated heterocycles. The van der Waals surface area contributed by atoms with Gasteiger partial charge in [-0.2, -0.15) is 0 Å². The third kappa shape index (κ3) is 4.81. The minimum absolute atomic E-state index is 0.0191. The van der Waals surface area contributed by atoms with Crippen molar-refractivity contribution in [3.8, 4) is 28.6 Å². The molecule has 0 amide bonds. The first-order valence-electron chi connectivity index (χ1n) is 9.51. The molecular weight excluding hydrogens is 368 g/mol. The normalized spacial score (nSPS) is 13.0. The zero-order valence-electron chi connectivity index (χ0n) is 16.6. The molecule has 1 aromatic heterocycles. The van der Waals surface area contributed by atoms with Crippen LogP contribution in [0.5, 0.6) is 17.2 Å². The van der Waals surface area contributed by atoms with Crippen molar-refractivity contribution in [3.63, 3.8) is 0 Å². The summed E-state index contributed by atoms with van der Waals surface area (Å²) in [6.45, 7) is 7.50. The summed E-state index contributed by atoms with van der Waals surface area (Å²) in [5.41, 5.74) is 3.31. The van der Waals surface area contributed by atoms with Crippen molar-refractivity contribution in [3.05, 3.63) is 65.8 Å². The molecule has 5 heteroatoms. The van der Waals surface area contributed by atoms with Crippen LogP contribution in [0, 0.1) is 0 Å². The molecule has 0 radical (unpaired) electrons. The number of allylic oxidation sites excluding steroid dienone is 2. The average Bonchev–Trinajstić information content (AvgIpc) is 3.08. The first-order valence-corrected chi connectivity index (χ1v) is 9.51. The second-order valence-electron chi connectivity index (χ2n) is 7.48. The lowest BCUT2D eigenvalue weighted by molar-refractivity contribution is 0.201. The quantitative estimate of drug-likeness (QED) is 0.401. The number of aliphatic hydroxyl groups excluding tert-OH is 1. The van der Waals surface area contributed by atoms with Gasteiger partial charge in [-0.25, -0.2) is 0 Å². The van der Waals surface area contributed by atoms with E-state index in [-0.39, 0.29) is 17.2 Å². The van der Waals surface area contributed by atoms with E-state index < -0.39 is 6.10 Å². The van der Waals surface area contributed by atoms with Gasteiger partial charge in [-0.15, -0.1) is 0 Å². The molecule has 0 saturated carbocycles. The van der Waals surface area contributed by atoms with Gasteiger partial charge in [0.1, 0.15) is 28.6 Å². The Balaban J connectivity index is 1.78. The number of phenols is 3. The number of phenolic OH excluding ortho intramolecular Hbond substituents is 3. The van der Waals surface area contributed by atoms with Gasteiger partial charge in [-0.1, -0.05) is 23.8 Å². The van der Waals surface area contributed by atoms with Gasteiger partial charge in [-0.3, -0.25) is 0 Å². The van der Waals surface area contributed by atoms with Crippen molar-refractivity contribution >= 4 is 11.0 Å². The predicted molar refractivity (Wildman–Crippen MR) is 114 cm³/mol. The van der Waals surface area contributed by atoms with E-state index >= 15 is 0 Å². The summed E-state index contributed by atoms with van der Waals surface area (Å²) in [4.78, 5) is 0. The lowest BCUT2D eigenvalue weighted by Gasteiger charge is -2.11. The SMILES string of the molecule is C=C(C)C(O)CCC(C)=CCc1c(O)cc(-c2cc3ccc(O)cc3o2)cc1O. The smallest absolute Gasteiger partial charge is 0.138 e. The maximum Gasteiger partial charge on any atom is 0.138 e. The third-order valence-corrected chi connectivity index (χ3v) is 5.03. The first kappa shape index (κ1) is 20.6. The van der Waals surface area contributed by atoms with Crippen LogP contribution >= 0.6 is 0 Å². The van der Waals surface area contributed by atoms with Crippen molar-refractivity contribution in [1.29, 1.82) is 0 Å². The lowest BCUT2D eigenvalue weighted by Crippen LogP contribution is -2.06. The van der Waals surface area contributed by atoms with Gasteiger partial charge >= 0.3 is 0 Å². The topological polar surface area (TPSA) is 94.1 Å². The summed E-state index contributed by atoms with van der Waals surface area (Å²) in [6.07, 6.45) is 3.09. The minimum Gasteiger partial charge on any atom is -0.508 e. The number of aromatic hydroxyl groups is 3. The maximum atomic E-state index is 10.4. The summed E-state index contributed by atoms with van der Waals surface area (Å²) in [5, 5.41) is 41.1. The van der Waals surface area contributed by atoms with E-state index in [4.69, 9.17) is 4.42 Å². The molecule has 1 atom stereocenters. The molecule has 1 heterocycles. The minimum atomic E-state index is -0.523. The molecule has 3 rings (SSSR count). The Bertz CT molecular complexity index is 1050. The molecule has 0 aliphatic heterocycles. The van der Waals surface area contributed by atoms with Crippen molar-refractivity contribution in [2.75, 3.05) is 0 Å².